The molecule has 6 heteroatoms. The fourth-order valence-electron chi connectivity index (χ4n) is 1.68. The van der Waals surface area contributed by atoms with Crippen LogP contribution in [0.3, 0.4) is 0 Å². The summed E-state index contributed by atoms with van der Waals surface area (Å²) < 4.78 is 5.17. The van der Waals surface area contributed by atoms with Crippen molar-refractivity contribution in [1.82, 2.24) is 0 Å². The Kier molecular flexibility index (Phi) is 4.37. The standard InChI is InChI=1S/C14H12Cl2N2O2/c15-12-3-1-2-8(13(12)16)7-20-14(19)9-4-10(17)6-11(18)5-9/h1-6H,7,17-18H2. The van der Waals surface area contributed by atoms with Crippen LogP contribution in [0.5, 0.6) is 0 Å². The molecule has 0 aliphatic rings. The van der Waals surface area contributed by atoms with Gasteiger partial charge in [-0.05, 0) is 24.3 Å². The quantitative estimate of drug-likeness (QED) is 0.671. The molecule has 0 aromatic heterocycles. The molecule has 20 heavy (non-hydrogen) atoms. The van der Waals surface area contributed by atoms with Gasteiger partial charge >= 0.3 is 5.97 Å². The molecule has 2 rings (SSSR count). The van der Waals surface area contributed by atoms with Gasteiger partial charge in [-0.1, -0.05) is 35.3 Å². The molecule has 0 amide bonds. The third kappa shape index (κ3) is 3.35. The largest absolute Gasteiger partial charge is 0.457 e. The van der Waals surface area contributed by atoms with E-state index in [1.165, 1.54) is 12.1 Å². The lowest BCUT2D eigenvalue weighted by Crippen LogP contribution is -2.07. The number of halogens is 2. The number of carbonyl (C=O) groups is 1. The van der Waals surface area contributed by atoms with E-state index in [2.05, 4.69) is 0 Å². The lowest BCUT2D eigenvalue weighted by Gasteiger charge is -2.08. The summed E-state index contributed by atoms with van der Waals surface area (Å²) in [5, 5.41) is 0.780. The van der Waals surface area contributed by atoms with Crippen molar-refractivity contribution in [2.24, 2.45) is 0 Å². The molecule has 0 heterocycles. The molecule has 0 aliphatic carbocycles. The van der Waals surface area contributed by atoms with Crippen molar-refractivity contribution in [3.63, 3.8) is 0 Å². The van der Waals surface area contributed by atoms with Gasteiger partial charge in [0.1, 0.15) is 6.61 Å². The van der Waals surface area contributed by atoms with Crippen molar-refractivity contribution in [1.29, 1.82) is 0 Å². The Morgan fingerprint density at radius 1 is 1.10 bits per heavy atom. The molecule has 0 radical (unpaired) electrons. The highest BCUT2D eigenvalue weighted by molar-refractivity contribution is 6.42. The molecule has 0 saturated heterocycles. The molecule has 4 N–H and O–H groups in total. The number of nitrogen functional groups attached to an aromatic ring is 2. The maximum absolute atomic E-state index is 11.9. The highest BCUT2D eigenvalue weighted by Crippen LogP contribution is 2.26. The molecule has 2 aromatic carbocycles. The van der Waals surface area contributed by atoms with Crippen LogP contribution >= 0.6 is 23.2 Å². The second kappa shape index (κ2) is 6.03. The number of hydrogen-bond acceptors (Lipinski definition) is 4. The van der Waals surface area contributed by atoms with E-state index in [4.69, 9.17) is 39.4 Å². The average molecular weight is 311 g/mol. The summed E-state index contributed by atoms with van der Waals surface area (Å²) in [6, 6.07) is 9.68. The third-order valence-corrected chi connectivity index (χ3v) is 3.46. The maximum atomic E-state index is 11.9. The summed E-state index contributed by atoms with van der Waals surface area (Å²) in [7, 11) is 0. The number of rotatable bonds is 3. The molecule has 0 atom stereocenters. The van der Waals surface area contributed by atoms with E-state index in [0.717, 1.165) is 0 Å². The summed E-state index contributed by atoms with van der Waals surface area (Å²) in [5.41, 5.74) is 13.0. The molecular weight excluding hydrogens is 299 g/mol. The Morgan fingerprint density at radius 2 is 1.75 bits per heavy atom. The fraction of sp³-hybridized carbons (Fsp3) is 0.0714. The van der Waals surface area contributed by atoms with Crippen LogP contribution in [0.4, 0.5) is 11.4 Å². The first-order valence-electron chi connectivity index (χ1n) is 5.73. The van der Waals surface area contributed by atoms with Gasteiger partial charge in [0, 0.05) is 16.9 Å². The van der Waals surface area contributed by atoms with Gasteiger partial charge in [-0.15, -0.1) is 0 Å². The SMILES string of the molecule is Nc1cc(N)cc(C(=O)OCc2cccc(Cl)c2Cl)c1. The topological polar surface area (TPSA) is 78.3 Å². The normalized spacial score (nSPS) is 10.3. The summed E-state index contributed by atoms with van der Waals surface area (Å²) >= 11 is 11.9. The minimum Gasteiger partial charge on any atom is -0.457 e. The van der Waals surface area contributed by atoms with Crippen LogP contribution in [0.15, 0.2) is 36.4 Å². The summed E-state index contributed by atoms with van der Waals surface area (Å²) in [6.07, 6.45) is 0. The van der Waals surface area contributed by atoms with Crippen molar-refractivity contribution < 1.29 is 9.53 Å². The van der Waals surface area contributed by atoms with Gasteiger partial charge < -0.3 is 16.2 Å². The third-order valence-electron chi connectivity index (χ3n) is 2.60. The predicted molar refractivity (Wildman–Crippen MR) is 80.8 cm³/mol. The van der Waals surface area contributed by atoms with Crippen molar-refractivity contribution in [3.8, 4) is 0 Å². The molecule has 0 bridgehead atoms. The predicted octanol–water partition coefficient (Wildman–Crippen LogP) is 3.51. The Bertz CT molecular complexity index is 639. The molecule has 0 saturated carbocycles. The van der Waals surface area contributed by atoms with Crippen LogP contribution in [-0.2, 0) is 11.3 Å². The summed E-state index contributed by atoms with van der Waals surface area (Å²) in [6.45, 7) is 0.0208. The van der Waals surface area contributed by atoms with E-state index in [1.807, 2.05) is 0 Å². The minimum absolute atomic E-state index is 0.0208. The number of anilines is 2. The highest BCUT2D eigenvalue weighted by Gasteiger charge is 2.11. The van der Waals surface area contributed by atoms with Gasteiger partial charge in [0.05, 0.1) is 15.6 Å². The van der Waals surface area contributed by atoms with Crippen LogP contribution < -0.4 is 11.5 Å². The number of ether oxygens (including phenoxy) is 1. The van der Waals surface area contributed by atoms with Crippen LogP contribution in [-0.4, -0.2) is 5.97 Å². The van der Waals surface area contributed by atoms with Crippen molar-refractivity contribution in [3.05, 3.63) is 57.6 Å². The van der Waals surface area contributed by atoms with E-state index < -0.39 is 5.97 Å². The van der Waals surface area contributed by atoms with Gasteiger partial charge in [-0.25, -0.2) is 4.79 Å². The molecule has 2 aromatic rings. The fourth-order valence-corrected chi connectivity index (χ4v) is 2.06. The van der Waals surface area contributed by atoms with Gasteiger partial charge in [0.2, 0.25) is 0 Å². The number of nitrogens with two attached hydrogens (primary N) is 2. The minimum atomic E-state index is -0.528. The lowest BCUT2D eigenvalue weighted by molar-refractivity contribution is 0.0473. The zero-order valence-electron chi connectivity index (χ0n) is 10.4. The number of benzene rings is 2. The van der Waals surface area contributed by atoms with Crippen molar-refractivity contribution in [2.45, 2.75) is 6.61 Å². The average Bonchev–Trinajstić information content (AvgIpc) is 2.39. The Hall–Kier alpha value is -1.91. The highest BCUT2D eigenvalue weighted by atomic mass is 35.5. The molecule has 0 unspecified atom stereocenters. The van der Waals surface area contributed by atoms with Crippen LogP contribution in [0, 0.1) is 0 Å². The first-order valence-corrected chi connectivity index (χ1v) is 6.49. The van der Waals surface area contributed by atoms with Gasteiger partial charge in [0.25, 0.3) is 0 Å². The summed E-state index contributed by atoms with van der Waals surface area (Å²) in [5.74, 6) is -0.528. The van der Waals surface area contributed by atoms with E-state index in [1.54, 1.807) is 24.3 Å². The Labute approximate surface area is 126 Å². The van der Waals surface area contributed by atoms with Crippen LogP contribution in [0.1, 0.15) is 15.9 Å². The molecule has 4 nitrogen and oxygen atoms in total. The Balaban J connectivity index is 2.10. The number of carbonyl (C=O) groups excluding carboxylic acids is 1. The second-order valence-corrected chi connectivity index (χ2v) is 4.96. The van der Waals surface area contributed by atoms with Gasteiger partial charge in [-0.2, -0.15) is 0 Å². The van der Waals surface area contributed by atoms with Crippen molar-refractivity contribution >= 4 is 40.5 Å². The molecule has 104 valence electrons. The van der Waals surface area contributed by atoms with E-state index in [9.17, 15) is 4.79 Å². The summed E-state index contributed by atoms with van der Waals surface area (Å²) in [4.78, 5) is 11.9. The lowest BCUT2D eigenvalue weighted by atomic mass is 10.2. The smallest absolute Gasteiger partial charge is 0.338 e. The Morgan fingerprint density at radius 3 is 2.40 bits per heavy atom. The number of hydrogen-bond donors (Lipinski definition) is 2. The molecule has 0 aliphatic heterocycles. The van der Waals surface area contributed by atoms with E-state index in [-0.39, 0.29) is 6.61 Å². The van der Waals surface area contributed by atoms with E-state index >= 15 is 0 Å². The molecule has 0 spiro atoms. The van der Waals surface area contributed by atoms with Crippen molar-refractivity contribution in [2.75, 3.05) is 11.5 Å². The van der Waals surface area contributed by atoms with E-state index in [0.29, 0.717) is 32.5 Å². The molecule has 0 fully saturated rings. The monoisotopic (exact) mass is 310 g/mol. The van der Waals surface area contributed by atoms with Gasteiger partial charge in [-0.3, -0.25) is 0 Å². The first kappa shape index (κ1) is 14.5. The maximum Gasteiger partial charge on any atom is 0.338 e. The zero-order chi connectivity index (χ0) is 14.7. The number of esters is 1. The van der Waals surface area contributed by atoms with Gasteiger partial charge in [0.15, 0.2) is 0 Å². The van der Waals surface area contributed by atoms with Crippen LogP contribution in [0.25, 0.3) is 0 Å². The van der Waals surface area contributed by atoms with Crippen LogP contribution in [0.2, 0.25) is 10.0 Å². The zero-order valence-corrected chi connectivity index (χ0v) is 11.9. The molecular formula is C14H12Cl2N2O2. The second-order valence-electron chi connectivity index (χ2n) is 4.18. The first-order chi connectivity index (χ1) is 9.47.